The monoisotopic (exact) mass is 480 g/mol. The maximum atomic E-state index is 14.8. The number of nitriles is 2. The van der Waals surface area contributed by atoms with Gasteiger partial charge in [-0.15, -0.1) is 0 Å². The molecule has 3 nitrogen and oxygen atoms in total. The van der Waals surface area contributed by atoms with Crippen molar-refractivity contribution in [1.82, 2.24) is 0 Å². The van der Waals surface area contributed by atoms with Gasteiger partial charge < -0.3 is 4.57 Å². The van der Waals surface area contributed by atoms with Crippen LogP contribution in [-0.4, -0.2) is 0 Å². The Balaban J connectivity index is 1.59. The van der Waals surface area contributed by atoms with Crippen LogP contribution in [0.15, 0.2) is 127 Å². The Labute approximate surface area is 210 Å². The summed E-state index contributed by atoms with van der Waals surface area (Å²) in [6.07, 6.45) is 0. The van der Waals surface area contributed by atoms with E-state index in [1.807, 2.05) is 115 Å². The van der Waals surface area contributed by atoms with Crippen LogP contribution in [0, 0.1) is 22.7 Å². The predicted octanol–water partition coefficient (Wildman–Crippen LogP) is 6.40. The largest absolute Gasteiger partial charge is 0.309 e. The summed E-state index contributed by atoms with van der Waals surface area (Å²) in [6, 6.07) is 44.3. The zero-order valence-corrected chi connectivity index (χ0v) is 20.3. The van der Waals surface area contributed by atoms with E-state index in [0.717, 1.165) is 38.2 Å². The molecule has 1 unspecified atom stereocenters. The fourth-order valence-corrected chi connectivity index (χ4v) is 7.02. The summed E-state index contributed by atoms with van der Waals surface area (Å²) in [5.41, 5.74) is 4.86. The van der Waals surface area contributed by atoms with Gasteiger partial charge in [0.1, 0.15) is 0 Å². The first-order chi connectivity index (χ1) is 17.6. The fourth-order valence-electron chi connectivity index (χ4n) is 4.40. The molecular formula is C32H21N2OP. The molecule has 0 bridgehead atoms. The third kappa shape index (κ3) is 4.25. The number of benzene rings is 5. The molecule has 0 saturated heterocycles. The molecule has 170 valence electrons. The van der Waals surface area contributed by atoms with E-state index in [1.54, 1.807) is 12.1 Å². The van der Waals surface area contributed by atoms with Crippen LogP contribution in [0.2, 0.25) is 0 Å². The second kappa shape index (κ2) is 9.89. The maximum Gasteiger partial charge on any atom is 0.171 e. The van der Waals surface area contributed by atoms with E-state index in [9.17, 15) is 15.1 Å². The van der Waals surface area contributed by atoms with Gasteiger partial charge in [-0.05, 0) is 40.5 Å². The minimum atomic E-state index is -3.15. The average Bonchev–Trinajstić information content (AvgIpc) is 2.97. The molecule has 4 heteroatoms. The van der Waals surface area contributed by atoms with Crippen molar-refractivity contribution in [1.29, 1.82) is 10.5 Å². The van der Waals surface area contributed by atoms with E-state index < -0.39 is 7.14 Å². The van der Waals surface area contributed by atoms with E-state index >= 15 is 0 Å². The highest BCUT2D eigenvalue weighted by Crippen LogP contribution is 2.43. The highest BCUT2D eigenvalue weighted by molar-refractivity contribution is 7.85. The Morgan fingerprint density at radius 2 is 1.08 bits per heavy atom. The van der Waals surface area contributed by atoms with Gasteiger partial charge in [-0.2, -0.15) is 10.5 Å². The van der Waals surface area contributed by atoms with Crippen LogP contribution < -0.4 is 15.9 Å². The van der Waals surface area contributed by atoms with Crippen LogP contribution >= 0.6 is 7.14 Å². The second-order valence-corrected chi connectivity index (χ2v) is 11.2. The molecule has 0 aliphatic heterocycles. The van der Waals surface area contributed by atoms with Gasteiger partial charge in [0.15, 0.2) is 7.14 Å². The highest BCUT2D eigenvalue weighted by Gasteiger charge is 2.29. The third-order valence-corrected chi connectivity index (χ3v) is 9.34. The number of hydrogen-bond donors (Lipinski definition) is 0. The minimum Gasteiger partial charge on any atom is -0.309 e. The summed E-state index contributed by atoms with van der Waals surface area (Å²) in [5, 5.41) is 20.9. The van der Waals surface area contributed by atoms with Gasteiger partial charge in [0.05, 0.1) is 23.3 Å². The molecule has 0 aliphatic carbocycles. The highest BCUT2D eigenvalue weighted by atomic mass is 31.2. The van der Waals surface area contributed by atoms with E-state index in [1.165, 1.54) is 0 Å². The van der Waals surface area contributed by atoms with Crippen molar-refractivity contribution in [3.63, 3.8) is 0 Å². The second-order valence-electron chi connectivity index (χ2n) is 8.39. The molecule has 0 aliphatic rings. The van der Waals surface area contributed by atoms with Gasteiger partial charge >= 0.3 is 0 Å². The van der Waals surface area contributed by atoms with Crippen molar-refractivity contribution >= 4 is 23.1 Å². The summed E-state index contributed by atoms with van der Waals surface area (Å²) in [7, 11) is -3.15. The Bertz CT molecular complexity index is 1660. The van der Waals surface area contributed by atoms with E-state index in [2.05, 4.69) is 12.1 Å². The molecule has 0 saturated carbocycles. The molecule has 1 atom stereocenters. The smallest absolute Gasteiger partial charge is 0.171 e. The first kappa shape index (κ1) is 23.1. The van der Waals surface area contributed by atoms with Crippen LogP contribution in [0.25, 0.3) is 22.3 Å². The van der Waals surface area contributed by atoms with Crippen LogP contribution in [0.3, 0.4) is 0 Å². The van der Waals surface area contributed by atoms with Crippen LogP contribution in [-0.2, 0) is 4.57 Å². The molecule has 0 fully saturated rings. The molecule has 5 aromatic rings. The molecular weight excluding hydrogens is 459 g/mol. The lowest BCUT2D eigenvalue weighted by atomic mass is 10.0. The Hall–Kier alpha value is -4.69. The Morgan fingerprint density at radius 1 is 0.500 bits per heavy atom. The number of rotatable bonds is 5. The van der Waals surface area contributed by atoms with Gasteiger partial charge in [-0.25, -0.2) is 0 Å². The van der Waals surface area contributed by atoms with Gasteiger partial charge in [-0.3, -0.25) is 0 Å². The van der Waals surface area contributed by atoms with E-state index in [0.29, 0.717) is 11.1 Å². The van der Waals surface area contributed by atoms with Crippen molar-refractivity contribution in [3.05, 3.63) is 139 Å². The predicted molar refractivity (Wildman–Crippen MR) is 146 cm³/mol. The molecule has 36 heavy (non-hydrogen) atoms. The topological polar surface area (TPSA) is 64.7 Å². The summed E-state index contributed by atoms with van der Waals surface area (Å²) < 4.78 is 14.8. The van der Waals surface area contributed by atoms with E-state index in [-0.39, 0.29) is 0 Å². The zero-order valence-electron chi connectivity index (χ0n) is 19.4. The zero-order chi connectivity index (χ0) is 25.0. The molecule has 5 aromatic carbocycles. The first-order valence-corrected chi connectivity index (χ1v) is 13.2. The SMILES string of the molecule is N#Cc1cccc(-c2ccc(P(=O)(c3ccccc3)c3ccc(-c4ccccc4C#N)cc3)cc2)c1. The van der Waals surface area contributed by atoms with E-state index in [4.69, 9.17) is 0 Å². The summed E-state index contributed by atoms with van der Waals surface area (Å²) in [6.45, 7) is 0. The summed E-state index contributed by atoms with van der Waals surface area (Å²) in [5.74, 6) is 0. The summed E-state index contributed by atoms with van der Waals surface area (Å²) in [4.78, 5) is 0. The van der Waals surface area contributed by atoms with Gasteiger partial charge in [0.25, 0.3) is 0 Å². The van der Waals surface area contributed by atoms with Gasteiger partial charge in [0, 0.05) is 15.9 Å². The molecule has 0 amide bonds. The van der Waals surface area contributed by atoms with Crippen LogP contribution in [0.4, 0.5) is 0 Å². The average molecular weight is 481 g/mol. The Kier molecular flexibility index (Phi) is 6.34. The third-order valence-electron chi connectivity index (χ3n) is 6.27. The maximum absolute atomic E-state index is 14.8. The van der Waals surface area contributed by atoms with Crippen molar-refractivity contribution in [2.24, 2.45) is 0 Å². The fraction of sp³-hybridized carbons (Fsp3) is 0. The Morgan fingerprint density at radius 3 is 1.72 bits per heavy atom. The molecule has 0 aromatic heterocycles. The molecule has 0 radical (unpaired) electrons. The minimum absolute atomic E-state index is 0.601. The summed E-state index contributed by atoms with van der Waals surface area (Å²) >= 11 is 0. The number of hydrogen-bond acceptors (Lipinski definition) is 3. The van der Waals surface area contributed by atoms with Gasteiger partial charge in [-0.1, -0.05) is 109 Å². The van der Waals surface area contributed by atoms with Gasteiger partial charge in [0.2, 0.25) is 0 Å². The standard InChI is InChI=1S/C32H21N2OP/c33-22-24-7-6-9-27(21-24)25-13-17-30(18-14-25)36(35,29-10-2-1-3-11-29)31-19-15-26(16-20-31)32-12-5-4-8-28(32)23-34/h1-21H. The lowest BCUT2D eigenvalue weighted by molar-refractivity contribution is 0.592. The number of nitrogens with zero attached hydrogens (tertiary/aromatic N) is 2. The molecule has 0 spiro atoms. The molecule has 0 heterocycles. The molecule has 5 rings (SSSR count). The van der Waals surface area contributed by atoms with Crippen LogP contribution in [0.1, 0.15) is 11.1 Å². The van der Waals surface area contributed by atoms with Crippen molar-refractivity contribution < 1.29 is 4.57 Å². The first-order valence-electron chi connectivity index (χ1n) is 11.5. The van der Waals surface area contributed by atoms with Crippen molar-refractivity contribution in [2.45, 2.75) is 0 Å². The quantitative estimate of drug-likeness (QED) is 0.273. The normalized spacial score (nSPS) is 12.2. The van der Waals surface area contributed by atoms with Crippen molar-refractivity contribution in [3.8, 4) is 34.4 Å². The lowest BCUT2D eigenvalue weighted by Crippen LogP contribution is -2.25. The van der Waals surface area contributed by atoms with Crippen molar-refractivity contribution in [2.75, 3.05) is 0 Å². The lowest BCUT2D eigenvalue weighted by Gasteiger charge is -2.21. The van der Waals surface area contributed by atoms with Crippen LogP contribution in [0.5, 0.6) is 0 Å². The molecule has 0 N–H and O–H groups in total.